The van der Waals surface area contributed by atoms with Gasteiger partial charge in [-0.2, -0.15) is 0 Å². The highest BCUT2D eigenvalue weighted by Gasteiger charge is 2.19. The fraction of sp³-hybridized carbons (Fsp3) is 0.542. The normalized spacial score (nSPS) is 26.6. The molecule has 0 aromatic carbocycles. The Labute approximate surface area is 169 Å². The first-order valence-corrected chi connectivity index (χ1v) is 10.3. The van der Waals surface area contributed by atoms with Gasteiger partial charge in [-0.1, -0.05) is 54.5 Å². The van der Waals surface area contributed by atoms with Crippen molar-refractivity contribution in [2.24, 2.45) is 5.92 Å². The maximum Gasteiger partial charge on any atom is 0.331 e. The maximum absolute atomic E-state index is 11.2. The number of aliphatic hydroxyl groups excluding tert-OH is 1. The lowest BCUT2D eigenvalue weighted by Crippen LogP contribution is -2.30. The Morgan fingerprint density at radius 1 is 1.36 bits per heavy atom. The van der Waals surface area contributed by atoms with Gasteiger partial charge in [-0.25, -0.2) is 4.79 Å². The van der Waals surface area contributed by atoms with Crippen LogP contribution in [-0.4, -0.2) is 36.0 Å². The smallest absolute Gasteiger partial charge is 0.331 e. The van der Waals surface area contributed by atoms with Gasteiger partial charge < -0.3 is 14.6 Å². The molecule has 0 aromatic heterocycles. The second-order valence-corrected chi connectivity index (χ2v) is 7.86. The molecule has 154 valence electrons. The molecule has 2 aliphatic rings. The van der Waals surface area contributed by atoms with Crippen molar-refractivity contribution in [1.82, 2.24) is 0 Å². The molecule has 0 spiro atoms. The summed E-state index contributed by atoms with van der Waals surface area (Å²) in [5.74, 6) is 0.125. The highest BCUT2D eigenvalue weighted by Crippen LogP contribution is 2.18. The van der Waals surface area contributed by atoms with Crippen LogP contribution in [0.5, 0.6) is 0 Å². The van der Waals surface area contributed by atoms with E-state index in [4.69, 9.17) is 9.47 Å². The van der Waals surface area contributed by atoms with Crippen LogP contribution in [0.15, 0.2) is 59.8 Å². The molecule has 2 rings (SSSR count). The van der Waals surface area contributed by atoms with Gasteiger partial charge in [0.1, 0.15) is 6.10 Å². The number of hydrogen-bond acceptors (Lipinski definition) is 4. The van der Waals surface area contributed by atoms with Crippen molar-refractivity contribution >= 4 is 5.97 Å². The molecule has 1 fully saturated rings. The average molecular weight is 387 g/mol. The maximum atomic E-state index is 11.2. The number of ether oxygens (including phenoxy) is 2. The number of cyclic esters (lactones) is 1. The highest BCUT2D eigenvalue weighted by atomic mass is 16.5. The lowest BCUT2D eigenvalue weighted by atomic mass is 9.98. The van der Waals surface area contributed by atoms with Gasteiger partial charge in [0, 0.05) is 19.1 Å². The van der Waals surface area contributed by atoms with E-state index < -0.39 is 6.10 Å². The number of allylic oxidation sites excluding steroid dienone is 6. The first kappa shape index (κ1) is 22.4. The molecule has 4 heteroatoms. The minimum Gasteiger partial charge on any atom is -0.455 e. The van der Waals surface area contributed by atoms with Crippen LogP contribution in [0, 0.1) is 5.92 Å². The molecular formula is C24H34O4. The van der Waals surface area contributed by atoms with Gasteiger partial charge in [0.15, 0.2) is 0 Å². The van der Waals surface area contributed by atoms with Crippen LogP contribution in [0.1, 0.15) is 52.9 Å². The molecular weight excluding hydrogens is 352 g/mol. The summed E-state index contributed by atoms with van der Waals surface area (Å²) < 4.78 is 10.8. The molecule has 4 nitrogen and oxygen atoms in total. The van der Waals surface area contributed by atoms with E-state index >= 15 is 0 Å². The van der Waals surface area contributed by atoms with Crippen molar-refractivity contribution in [3.8, 4) is 0 Å². The topological polar surface area (TPSA) is 55.8 Å². The van der Waals surface area contributed by atoms with Crippen molar-refractivity contribution in [3.63, 3.8) is 0 Å². The molecule has 4 atom stereocenters. The molecule has 0 aliphatic carbocycles. The Kier molecular flexibility index (Phi) is 9.45. The van der Waals surface area contributed by atoms with Crippen LogP contribution in [0.4, 0.5) is 0 Å². The summed E-state index contributed by atoms with van der Waals surface area (Å²) in [6.45, 7) is 7.11. The number of hydrogen-bond donors (Lipinski definition) is 1. The second-order valence-electron chi connectivity index (χ2n) is 7.86. The molecule has 0 radical (unpaired) electrons. The minimum atomic E-state index is -0.530. The van der Waals surface area contributed by atoms with Crippen LogP contribution in [0.2, 0.25) is 0 Å². The van der Waals surface area contributed by atoms with Crippen LogP contribution in [0.3, 0.4) is 0 Å². The zero-order chi connectivity index (χ0) is 20.4. The molecule has 1 N–H and O–H groups in total. The lowest BCUT2D eigenvalue weighted by molar-refractivity contribution is -0.141. The molecule has 2 aliphatic heterocycles. The Morgan fingerprint density at radius 3 is 2.89 bits per heavy atom. The number of carbonyl (C=O) groups excluding carboxylic acids is 1. The summed E-state index contributed by atoms with van der Waals surface area (Å²) in [6.07, 6.45) is 19.4. The highest BCUT2D eigenvalue weighted by molar-refractivity contribution is 5.82. The predicted octanol–water partition coefficient (Wildman–Crippen LogP) is 4.82. The summed E-state index contributed by atoms with van der Waals surface area (Å²) in [5, 5.41) is 10.2. The summed E-state index contributed by atoms with van der Waals surface area (Å²) in [5.41, 5.74) is 2.42. The third-order valence-electron chi connectivity index (χ3n) is 4.94. The van der Waals surface area contributed by atoms with E-state index in [1.165, 1.54) is 11.6 Å². The Bertz CT molecular complexity index is 648. The summed E-state index contributed by atoms with van der Waals surface area (Å²) in [6, 6.07) is 0. The van der Waals surface area contributed by atoms with E-state index in [1.54, 1.807) is 0 Å². The molecule has 0 bridgehead atoms. The molecule has 1 saturated heterocycles. The quantitative estimate of drug-likeness (QED) is 0.480. The molecule has 0 saturated carbocycles. The van der Waals surface area contributed by atoms with Gasteiger partial charge in [0.25, 0.3) is 0 Å². The monoisotopic (exact) mass is 386 g/mol. The van der Waals surface area contributed by atoms with Crippen LogP contribution in [0.25, 0.3) is 0 Å². The van der Waals surface area contributed by atoms with E-state index in [1.807, 2.05) is 30.4 Å². The Hall–Kier alpha value is -1.91. The molecule has 2 heterocycles. The fourth-order valence-corrected chi connectivity index (χ4v) is 3.54. The zero-order valence-corrected chi connectivity index (χ0v) is 17.3. The van der Waals surface area contributed by atoms with E-state index in [0.29, 0.717) is 5.92 Å². The second kappa shape index (κ2) is 11.8. The van der Waals surface area contributed by atoms with Gasteiger partial charge in [-0.05, 0) is 51.5 Å². The SMILES string of the molecule is CC(C=C[C@H]1CC=CC(=O)O1)=C[C@H](C)CC(C)=CC=C[C@H](O)[C@H]1CCCCO1. The van der Waals surface area contributed by atoms with Crippen molar-refractivity contribution < 1.29 is 19.4 Å². The van der Waals surface area contributed by atoms with Gasteiger partial charge in [-0.3, -0.25) is 0 Å². The summed E-state index contributed by atoms with van der Waals surface area (Å²) in [4.78, 5) is 11.2. The van der Waals surface area contributed by atoms with Gasteiger partial charge >= 0.3 is 5.97 Å². The van der Waals surface area contributed by atoms with Gasteiger partial charge in [-0.15, -0.1) is 0 Å². The standard InChI is InChI=1S/C24H34O4/c1-18(8-6-10-22(25)23-11-4-5-15-27-23)16-20(3)17-19(2)13-14-21-9-7-12-24(26)28-21/h6-8,10,12-14,17,20-23,25H,4-5,9,11,15-16H2,1-3H3/t20-,21-,22+,23-/m1/s1. The number of rotatable bonds is 8. The van der Waals surface area contributed by atoms with Crippen LogP contribution < -0.4 is 0 Å². The van der Waals surface area contributed by atoms with Crippen molar-refractivity contribution in [2.75, 3.05) is 6.61 Å². The third kappa shape index (κ3) is 8.41. The largest absolute Gasteiger partial charge is 0.455 e. The molecule has 0 amide bonds. The van der Waals surface area contributed by atoms with Crippen molar-refractivity contribution in [3.05, 3.63) is 59.8 Å². The van der Waals surface area contributed by atoms with Gasteiger partial charge in [0.2, 0.25) is 0 Å². The molecule has 0 unspecified atom stereocenters. The molecule has 28 heavy (non-hydrogen) atoms. The Morgan fingerprint density at radius 2 is 2.18 bits per heavy atom. The van der Waals surface area contributed by atoms with Crippen LogP contribution in [-0.2, 0) is 14.3 Å². The third-order valence-corrected chi connectivity index (χ3v) is 4.94. The van der Waals surface area contributed by atoms with E-state index in [9.17, 15) is 9.90 Å². The van der Waals surface area contributed by atoms with Gasteiger partial charge in [0.05, 0.1) is 12.2 Å². The Balaban J connectivity index is 1.78. The number of aliphatic hydroxyl groups is 1. The first-order valence-electron chi connectivity index (χ1n) is 10.3. The predicted molar refractivity (Wildman–Crippen MR) is 113 cm³/mol. The fourth-order valence-electron chi connectivity index (χ4n) is 3.54. The van der Waals surface area contributed by atoms with Crippen molar-refractivity contribution in [1.29, 1.82) is 0 Å². The van der Waals surface area contributed by atoms with E-state index in [-0.39, 0.29) is 18.2 Å². The zero-order valence-electron chi connectivity index (χ0n) is 17.3. The number of esters is 1. The summed E-state index contributed by atoms with van der Waals surface area (Å²) in [7, 11) is 0. The van der Waals surface area contributed by atoms with Crippen molar-refractivity contribution in [2.45, 2.75) is 71.2 Å². The average Bonchev–Trinajstić information content (AvgIpc) is 2.67. The molecule has 0 aromatic rings. The first-order chi connectivity index (χ1) is 13.4. The van der Waals surface area contributed by atoms with Crippen LogP contribution >= 0.6 is 0 Å². The number of carbonyl (C=O) groups is 1. The minimum absolute atomic E-state index is 0.0612. The summed E-state index contributed by atoms with van der Waals surface area (Å²) >= 11 is 0. The van der Waals surface area contributed by atoms with E-state index in [2.05, 4.69) is 32.9 Å². The lowest BCUT2D eigenvalue weighted by Gasteiger charge is -2.25. The van der Waals surface area contributed by atoms with E-state index in [0.717, 1.165) is 44.3 Å².